The Kier molecular flexibility index (Phi) is 135. The van der Waals surface area contributed by atoms with Gasteiger partial charge in [-0.3, -0.25) is 5.84 Å². The number of nitrogens with two attached hydrogens (primary N) is 1. The summed E-state index contributed by atoms with van der Waals surface area (Å²) in [7, 11) is 0. The fourth-order valence-corrected chi connectivity index (χ4v) is 0. The average molecular weight is 258 g/mol. The predicted molar refractivity (Wildman–Crippen MR) is 15.0 cm³/mol. The van der Waals surface area contributed by atoms with Crippen LogP contribution >= 0.6 is 0 Å². The van der Waals surface area contributed by atoms with Crippen LogP contribution in [-0.2, 0) is 21.1 Å². The minimum absolute atomic E-state index is 0. The van der Waals surface area contributed by atoms with Gasteiger partial charge in [-0.15, -0.1) is 4.91 Å². The second-order valence-electron chi connectivity index (χ2n) is 0.105. The number of hydrogen-bond donors (Lipinski definition) is 2. The smallest absolute Gasteiger partial charge is 0.0468 e. The Morgan fingerprint density at radius 3 is 1.60 bits per heavy atom. The van der Waals surface area contributed by atoms with Crippen molar-refractivity contribution in [2.24, 2.45) is 11.1 Å². The summed E-state index contributed by atoms with van der Waals surface area (Å²) >= 11 is 0. The first kappa shape index (κ1) is 19.7. The summed E-state index contributed by atoms with van der Waals surface area (Å²) in [5, 5.41) is 1.75. The zero-order valence-electron chi connectivity index (χ0n) is 2.46. The molecule has 0 atom stereocenters. The fraction of sp³-hybridized carbons (Fsp3) is 0. The fourth-order valence-electron chi connectivity index (χ4n) is 0. The van der Waals surface area contributed by atoms with Gasteiger partial charge in [0, 0.05) is 26.4 Å². The van der Waals surface area contributed by atoms with E-state index in [2.05, 4.69) is 5.84 Å². The number of nitrogens with zero attached hydrogens (tertiary/aromatic N) is 1. The van der Waals surface area contributed by atoms with Crippen molar-refractivity contribution in [1.29, 1.82) is 0 Å². The van der Waals surface area contributed by atoms with E-state index in [1.807, 2.05) is 0 Å². The molecule has 0 spiro atoms. The third-order valence-corrected chi connectivity index (χ3v) is 0. The van der Waals surface area contributed by atoms with E-state index >= 15 is 0 Å². The summed E-state index contributed by atoms with van der Waals surface area (Å²) in [6.07, 6.45) is 0. The van der Waals surface area contributed by atoms with Gasteiger partial charge in [-0.2, -0.15) is 0 Å². The van der Waals surface area contributed by atoms with Crippen molar-refractivity contribution in [1.82, 2.24) is 6.15 Å². The third-order valence-electron chi connectivity index (χ3n) is 0. The molecule has 0 radical (unpaired) electrons. The van der Waals surface area contributed by atoms with Crippen LogP contribution in [0.4, 0.5) is 0 Å². The van der Waals surface area contributed by atoms with Gasteiger partial charge in [0.25, 0.3) is 0 Å². The minimum Gasteiger partial charge on any atom is -0.344 e. The van der Waals surface area contributed by atoms with Crippen molar-refractivity contribution in [3.8, 4) is 0 Å². The van der Waals surface area contributed by atoms with Gasteiger partial charge >= 0.3 is 0 Å². The maximum atomic E-state index is 8.33. The molecule has 0 aliphatic heterocycles. The molecule has 0 aliphatic carbocycles. The summed E-state index contributed by atoms with van der Waals surface area (Å²) in [4.78, 5) is 8.33. The molecular formula is H5N3OPt. The monoisotopic (exact) mass is 258 g/mol. The number of hydrogen-bond acceptors (Lipinski definition) is 3. The first-order chi connectivity index (χ1) is 1.41. The van der Waals surface area contributed by atoms with E-state index in [-0.39, 0.29) is 27.2 Å². The topological polar surface area (TPSA) is 90.4 Å². The Labute approximate surface area is 43.9 Å². The van der Waals surface area contributed by atoms with Crippen LogP contribution in [-0.4, -0.2) is 0 Å². The third kappa shape index (κ3) is 7280. The Hall–Kier alpha value is 0.0483. The van der Waals surface area contributed by atoms with Gasteiger partial charge < -0.3 is 6.15 Å². The van der Waals surface area contributed by atoms with Gasteiger partial charge in [0.15, 0.2) is 0 Å². The van der Waals surface area contributed by atoms with Gasteiger partial charge in [-0.1, -0.05) is 0 Å². The van der Waals surface area contributed by atoms with Crippen molar-refractivity contribution in [2.75, 3.05) is 0 Å². The molecule has 0 rings (SSSR count). The Morgan fingerprint density at radius 2 is 1.60 bits per heavy atom. The largest absolute Gasteiger partial charge is 0.344 e. The molecule has 0 saturated carbocycles. The van der Waals surface area contributed by atoms with Crippen LogP contribution in [0.5, 0.6) is 0 Å². The van der Waals surface area contributed by atoms with Gasteiger partial charge in [0.2, 0.25) is 0 Å². The van der Waals surface area contributed by atoms with Crippen LogP contribution < -0.4 is 12.0 Å². The second kappa shape index (κ2) is 34.2. The maximum Gasteiger partial charge on any atom is 0.0468 e. The zero-order chi connectivity index (χ0) is 2.71. The number of rotatable bonds is 0. The van der Waals surface area contributed by atoms with E-state index in [1.165, 1.54) is 0 Å². The van der Waals surface area contributed by atoms with Crippen LogP contribution in [0.1, 0.15) is 0 Å². The summed E-state index contributed by atoms with van der Waals surface area (Å²) < 4.78 is 0. The molecule has 0 aliphatic rings. The summed E-state index contributed by atoms with van der Waals surface area (Å²) in [5.74, 6) is 3.92. The molecule has 0 aromatic rings. The molecule has 0 aromatic heterocycles. The Balaban J connectivity index is -0.0000000200. The van der Waals surface area contributed by atoms with Crippen LogP contribution in [0, 0.1) is 4.91 Å². The molecule has 0 fully saturated rings. The molecule has 5 N–H and O–H groups in total. The van der Waals surface area contributed by atoms with Crippen LogP contribution in [0.25, 0.3) is 0 Å². The maximum absolute atomic E-state index is 8.33. The summed E-state index contributed by atoms with van der Waals surface area (Å²) in [6, 6.07) is 0. The first-order valence-corrected chi connectivity index (χ1v) is 0.441. The number of nitroso groups, excluding NO2 is 1. The minimum atomic E-state index is 0. The van der Waals surface area contributed by atoms with Crippen LogP contribution in [0.15, 0.2) is 5.29 Å². The molecule has 0 saturated heterocycles. The molecule has 0 aromatic carbocycles. The molecular weight excluding hydrogens is 253 g/mol. The van der Waals surface area contributed by atoms with Crippen molar-refractivity contribution < 1.29 is 21.1 Å². The predicted octanol–water partition coefficient (Wildman–Crippen LogP) is -0.214. The van der Waals surface area contributed by atoms with E-state index in [0.29, 0.717) is 0 Å². The van der Waals surface area contributed by atoms with Crippen molar-refractivity contribution in [3.05, 3.63) is 4.91 Å². The van der Waals surface area contributed by atoms with Crippen LogP contribution in [0.2, 0.25) is 0 Å². The van der Waals surface area contributed by atoms with Gasteiger partial charge in [0.05, 0.1) is 0 Å². The molecule has 5 heteroatoms. The van der Waals surface area contributed by atoms with E-state index in [0.717, 1.165) is 0 Å². The summed E-state index contributed by atoms with van der Waals surface area (Å²) in [5.41, 5.74) is 0. The van der Waals surface area contributed by atoms with Gasteiger partial charge in [-0.05, 0) is 0 Å². The molecule has 36 valence electrons. The Bertz CT molecular complexity index is 14.4. The van der Waals surface area contributed by atoms with E-state index in [4.69, 9.17) is 4.91 Å². The van der Waals surface area contributed by atoms with Gasteiger partial charge in [0.1, 0.15) is 0 Å². The van der Waals surface area contributed by atoms with E-state index in [9.17, 15) is 0 Å². The first-order valence-electron chi connectivity index (χ1n) is 0.441. The standard InChI is InChI=1S/H2N2O.H3N.Pt/c1-2-3;;/h(H2,1,3);1H3;. The summed E-state index contributed by atoms with van der Waals surface area (Å²) in [6.45, 7) is 0. The second-order valence-corrected chi connectivity index (χ2v) is 0.105. The van der Waals surface area contributed by atoms with Crippen molar-refractivity contribution in [2.45, 2.75) is 0 Å². The molecule has 0 heterocycles. The van der Waals surface area contributed by atoms with Gasteiger partial charge in [-0.25, -0.2) is 0 Å². The van der Waals surface area contributed by atoms with E-state index in [1.54, 1.807) is 5.29 Å². The molecule has 0 amide bonds. The SMILES string of the molecule is N.NN=O.[Pt]. The quantitative estimate of drug-likeness (QED) is 0.357. The average Bonchev–Trinajstić information content (AvgIpc) is 0.918. The Morgan fingerprint density at radius 1 is 1.60 bits per heavy atom. The molecule has 0 unspecified atom stereocenters. The van der Waals surface area contributed by atoms with Crippen molar-refractivity contribution in [3.63, 3.8) is 0 Å². The normalized spacial score (nSPS) is 2.40. The molecule has 4 nitrogen and oxygen atoms in total. The van der Waals surface area contributed by atoms with E-state index < -0.39 is 0 Å². The zero-order valence-corrected chi connectivity index (χ0v) is 4.73. The molecule has 5 heavy (non-hydrogen) atoms. The molecule has 0 bridgehead atoms. The van der Waals surface area contributed by atoms with Crippen molar-refractivity contribution >= 4 is 0 Å². The van der Waals surface area contributed by atoms with Crippen LogP contribution in [0.3, 0.4) is 0 Å².